The first-order valence-electron chi connectivity index (χ1n) is 11.2. The van der Waals surface area contributed by atoms with Gasteiger partial charge in [-0.15, -0.1) is 0 Å². The van der Waals surface area contributed by atoms with Crippen molar-refractivity contribution in [3.8, 4) is 17.2 Å². The molecule has 0 saturated carbocycles. The molecule has 33 heavy (non-hydrogen) atoms. The lowest BCUT2D eigenvalue weighted by Gasteiger charge is -2.11. The molecule has 4 bridgehead atoms. The van der Waals surface area contributed by atoms with E-state index in [1.807, 2.05) is 36.4 Å². The van der Waals surface area contributed by atoms with Gasteiger partial charge >= 0.3 is 0 Å². The van der Waals surface area contributed by atoms with Gasteiger partial charge in [-0.25, -0.2) is 0 Å². The summed E-state index contributed by atoms with van der Waals surface area (Å²) in [7, 11) is 1.58. The Morgan fingerprint density at radius 1 is 0.727 bits per heavy atom. The van der Waals surface area contributed by atoms with E-state index in [2.05, 4.69) is 16.0 Å². The normalized spacial score (nSPS) is 17.2. The van der Waals surface area contributed by atoms with E-state index in [1.165, 1.54) is 12.2 Å². The van der Waals surface area contributed by atoms with Gasteiger partial charge in [0.05, 0.1) is 7.11 Å². The van der Waals surface area contributed by atoms with Crippen LogP contribution in [0.1, 0.15) is 30.4 Å². The molecule has 0 fully saturated rings. The van der Waals surface area contributed by atoms with Crippen molar-refractivity contribution in [3.63, 3.8) is 0 Å². The highest BCUT2D eigenvalue weighted by Crippen LogP contribution is 2.33. The Bertz CT molecular complexity index is 984. The molecule has 7 nitrogen and oxygen atoms in total. The second kappa shape index (κ2) is 13.1. The van der Waals surface area contributed by atoms with Crippen molar-refractivity contribution < 1.29 is 19.1 Å². The van der Waals surface area contributed by atoms with Gasteiger partial charge in [-0.2, -0.15) is 0 Å². The van der Waals surface area contributed by atoms with Crippen LogP contribution < -0.4 is 25.4 Å². The van der Waals surface area contributed by atoms with Gasteiger partial charge in [0.15, 0.2) is 11.5 Å². The van der Waals surface area contributed by atoms with E-state index in [0.717, 1.165) is 43.5 Å². The average molecular weight is 450 g/mol. The van der Waals surface area contributed by atoms with Gasteiger partial charge in [-0.1, -0.05) is 18.2 Å². The number of hydrogen-bond donors (Lipinski definition) is 3. The van der Waals surface area contributed by atoms with Crippen LogP contribution in [-0.2, 0) is 9.59 Å². The largest absolute Gasteiger partial charge is 0.493 e. The molecule has 2 heterocycles. The fraction of sp³-hybridized carbons (Fsp3) is 0.308. The zero-order valence-electron chi connectivity index (χ0n) is 18.9. The van der Waals surface area contributed by atoms with E-state index >= 15 is 0 Å². The van der Waals surface area contributed by atoms with Gasteiger partial charge in [0, 0.05) is 25.2 Å². The van der Waals surface area contributed by atoms with Crippen molar-refractivity contribution in [3.05, 3.63) is 65.7 Å². The predicted molar refractivity (Wildman–Crippen MR) is 130 cm³/mol. The minimum absolute atomic E-state index is 0.116. The van der Waals surface area contributed by atoms with Gasteiger partial charge < -0.3 is 25.4 Å². The van der Waals surface area contributed by atoms with Crippen LogP contribution in [0.25, 0.3) is 12.2 Å². The smallest absolute Gasteiger partial charge is 0.243 e. The lowest BCUT2D eigenvalue weighted by molar-refractivity contribution is -0.117. The van der Waals surface area contributed by atoms with Crippen molar-refractivity contribution >= 4 is 24.0 Å². The first-order valence-corrected chi connectivity index (χ1v) is 11.2. The number of nitrogens with one attached hydrogen (secondary N) is 3. The highest BCUT2D eigenvalue weighted by atomic mass is 16.5. The molecule has 3 N–H and O–H groups in total. The summed E-state index contributed by atoms with van der Waals surface area (Å²) in [6.45, 7) is 2.96. The van der Waals surface area contributed by atoms with Crippen LogP contribution in [0.5, 0.6) is 17.2 Å². The van der Waals surface area contributed by atoms with Gasteiger partial charge in [-0.05, 0) is 79.9 Å². The molecule has 0 spiro atoms. The number of carbonyl (C=O) groups is 2. The number of carbonyl (C=O) groups excluding carboxylic acids is 2. The summed E-state index contributed by atoms with van der Waals surface area (Å²) >= 11 is 0. The fourth-order valence-corrected chi connectivity index (χ4v) is 3.25. The Morgan fingerprint density at radius 2 is 1.33 bits per heavy atom. The Hall–Kier alpha value is -3.58. The molecule has 2 amide bonds. The van der Waals surface area contributed by atoms with Crippen molar-refractivity contribution in [2.24, 2.45) is 0 Å². The molecule has 2 aromatic rings. The van der Waals surface area contributed by atoms with E-state index in [1.54, 1.807) is 25.3 Å². The quantitative estimate of drug-likeness (QED) is 0.620. The number of ether oxygens (including phenoxy) is 2. The molecule has 2 aliphatic heterocycles. The number of amides is 2. The van der Waals surface area contributed by atoms with Crippen molar-refractivity contribution in [1.29, 1.82) is 0 Å². The third-order valence-corrected chi connectivity index (χ3v) is 5.06. The molecule has 0 saturated heterocycles. The number of fused-ring (bicyclic) bond motifs is 15. The Morgan fingerprint density at radius 3 is 2.06 bits per heavy atom. The van der Waals surface area contributed by atoms with E-state index in [4.69, 9.17) is 9.47 Å². The summed E-state index contributed by atoms with van der Waals surface area (Å²) in [6, 6.07) is 12.9. The average Bonchev–Trinajstić information content (AvgIpc) is 2.83. The molecule has 2 aromatic carbocycles. The number of rotatable bonds is 1. The van der Waals surface area contributed by atoms with E-state index in [0.29, 0.717) is 30.3 Å². The minimum Gasteiger partial charge on any atom is -0.493 e. The summed E-state index contributed by atoms with van der Waals surface area (Å²) in [5, 5.41) is 9.14. The van der Waals surface area contributed by atoms with Crippen LogP contribution >= 0.6 is 0 Å². The van der Waals surface area contributed by atoms with Crippen LogP contribution in [0.2, 0.25) is 0 Å². The van der Waals surface area contributed by atoms with Crippen LogP contribution in [0.3, 0.4) is 0 Å². The van der Waals surface area contributed by atoms with Crippen molar-refractivity contribution in [2.75, 3.05) is 33.3 Å². The fourth-order valence-electron chi connectivity index (χ4n) is 3.25. The van der Waals surface area contributed by atoms with Crippen LogP contribution in [-0.4, -0.2) is 45.1 Å². The molecule has 0 aliphatic carbocycles. The molecule has 7 heteroatoms. The van der Waals surface area contributed by atoms with Gasteiger partial charge in [0.1, 0.15) is 5.75 Å². The standard InChI is InChI=1S/C26H31N3O4/c1-32-23-12-7-21-9-14-26(31)28-17-3-2-15-27-16-4-18-29-25(30)13-8-20-5-10-22(11-6-20)33-24(23)19-21/h5-14,19,27H,2-4,15-18H2,1H3,(H,28,31)(H,29,30)/b13-8-,14-9?. The SMILES string of the molecule is COc1ccc2cc1Oc1ccc(cc1)/C=C\C(=O)NCCCNCCCCNC(=O)C=C2. The summed E-state index contributed by atoms with van der Waals surface area (Å²) in [5.41, 5.74) is 1.72. The summed E-state index contributed by atoms with van der Waals surface area (Å²) in [6.07, 6.45) is 9.31. The molecule has 0 atom stereocenters. The minimum atomic E-state index is -0.130. The Kier molecular flexibility index (Phi) is 9.54. The second-order valence-corrected chi connectivity index (χ2v) is 7.64. The molecule has 4 rings (SSSR count). The molecule has 0 aromatic heterocycles. The van der Waals surface area contributed by atoms with Gasteiger partial charge in [0.2, 0.25) is 11.8 Å². The molecule has 174 valence electrons. The Labute approximate surface area is 194 Å². The number of methoxy groups -OCH3 is 1. The summed E-state index contributed by atoms with van der Waals surface area (Å²) in [5.74, 6) is 1.53. The molecule has 0 radical (unpaired) electrons. The number of hydrogen-bond acceptors (Lipinski definition) is 5. The third kappa shape index (κ3) is 8.46. The summed E-state index contributed by atoms with van der Waals surface area (Å²) < 4.78 is 11.4. The van der Waals surface area contributed by atoms with Crippen LogP contribution in [0.4, 0.5) is 0 Å². The highest BCUT2D eigenvalue weighted by molar-refractivity contribution is 5.92. The highest BCUT2D eigenvalue weighted by Gasteiger charge is 2.07. The Balaban J connectivity index is 1.75. The van der Waals surface area contributed by atoms with Gasteiger partial charge in [0.25, 0.3) is 0 Å². The maximum Gasteiger partial charge on any atom is 0.243 e. The maximum atomic E-state index is 12.1. The zero-order chi connectivity index (χ0) is 23.3. The first kappa shape index (κ1) is 24.1. The topological polar surface area (TPSA) is 88.7 Å². The van der Waals surface area contributed by atoms with Crippen molar-refractivity contribution in [1.82, 2.24) is 16.0 Å². The molecular weight excluding hydrogens is 418 g/mol. The monoisotopic (exact) mass is 449 g/mol. The van der Waals surface area contributed by atoms with E-state index in [-0.39, 0.29) is 11.8 Å². The van der Waals surface area contributed by atoms with Crippen LogP contribution in [0, 0.1) is 0 Å². The maximum absolute atomic E-state index is 12.1. The zero-order valence-corrected chi connectivity index (χ0v) is 18.9. The lowest BCUT2D eigenvalue weighted by Crippen LogP contribution is -2.27. The second-order valence-electron chi connectivity index (χ2n) is 7.64. The lowest BCUT2D eigenvalue weighted by atomic mass is 10.1. The molecule has 0 unspecified atom stereocenters. The van der Waals surface area contributed by atoms with E-state index in [9.17, 15) is 9.59 Å². The van der Waals surface area contributed by atoms with Gasteiger partial charge in [-0.3, -0.25) is 9.59 Å². The van der Waals surface area contributed by atoms with Crippen LogP contribution in [0.15, 0.2) is 54.6 Å². The van der Waals surface area contributed by atoms with Crippen molar-refractivity contribution in [2.45, 2.75) is 19.3 Å². The van der Waals surface area contributed by atoms with E-state index < -0.39 is 0 Å². The third-order valence-electron chi connectivity index (χ3n) is 5.06. The molecule has 2 aliphatic rings. The number of benzene rings is 2. The predicted octanol–water partition coefficient (Wildman–Crippen LogP) is 3.52. The first-order chi connectivity index (χ1) is 16.1. The summed E-state index contributed by atoms with van der Waals surface area (Å²) in [4.78, 5) is 24.1. The molecular formula is C26H31N3O4.